The first-order valence-corrected chi connectivity index (χ1v) is 5.06. The van der Waals surface area contributed by atoms with Crippen LogP contribution in [0.1, 0.15) is 39.0 Å². The van der Waals surface area contributed by atoms with Crippen molar-refractivity contribution in [1.82, 2.24) is 0 Å². The van der Waals surface area contributed by atoms with Gasteiger partial charge in [0.2, 0.25) is 0 Å². The van der Waals surface area contributed by atoms with E-state index < -0.39 is 5.97 Å². The summed E-state index contributed by atoms with van der Waals surface area (Å²) >= 11 is 0. The molecule has 1 N–H and O–H groups in total. The molecule has 0 radical (unpaired) electrons. The van der Waals surface area contributed by atoms with Crippen molar-refractivity contribution in [1.29, 1.82) is 0 Å². The molecular formula is C11H16O3. The maximum absolute atomic E-state index is 11.7. The van der Waals surface area contributed by atoms with Crippen molar-refractivity contribution in [3.05, 3.63) is 11.6 Å². The van der Waals surface area contributed by atoms with E-state index in [1.54, 1.807) is 6.92 Å². The minimum atomic E-state index is -0.901. The Morgan fingerprint density at radius 2 is 2.21 bits per heavy atom. The molecule has 0 bridgehead atoms. The minimum absolute atomic E-state index is 0.0205. The molecule has 0 amide bonds. The summed E-state index contributed by atoms with van der Waals surface area (Å²) in [6.07, 6.45) is 5.88. The summed E-state index contributed by atoms with van der Waals surface area (Å²) in [4.78, 5) is 22.1. The summed E-state index contributed by atoms with van der Waals surface area (Å²) in [6, 6.07) is 0. The largest absolute Gasteiger partial charge is 0.481 e. The number of carboxylic acid groups (broad SMARTS) is 1. The van der Waals surface area contributed by atoms with Crippen LogP contribution in [0.15, 0.2) is 11.6 Å². The molecule has 78 valence electrons. The SMILES string of the molecule is CC(CC(=O)O)C(=O)C1=CCCCC1. The summed E-state index contributed by atoms with van der Waals surface area (Å²) < 4.78 is 0. The van der Waals surface area contributed by atoms with Crippen molar-refractivity contribution in [2.24, 2.45) is 5.92 Å². The molecule has 1 atom stereocenters. The number of ketones is 1. The van der Waals surface area contributed by atoms with Gasteiger partial charge in [0.05, 0.1) is 6.42 Å². The Bertz CT molecular complexity index is 266. The molecule has 1 rings (SSSR count). The van der Waals surface area contributed by atoms with Gasteiger partial charge in [0.25, 0.3) is 0 Å². The summed E-state index contributed by atoms with van der Waals surface area (Å²) in [5, 5.41) is 8.56. The van der Waals surface area contributed by atoms with E-state index in [4.69, 9.17) is 5.11 Å². The maximum Gasteiger partial charge on any atom is 0.304 e. The quantitative estimate of drug-likeness (QED) is 0.749. The number of hydrogen-bond donors (Lipinski definition) is 1. The van der Waals surface area contributed by atoms with Gasteiger partial charge in [-0.05, 0) is 31.3 Å². The van der Waals surface area contributed by atoms with Gasteiger partial charge in [-0.25, -0.2) is 0 Å². The van der Waals surface area contributed by atoms with Gasteiger partial charge in [-0.3, -0.25) is 9.59 Å². The van der Waals surface area contributed by atoms with Crippen molar-refractivity contribution in [2.75, 3.05) is 0 Å². The predicted molar refractivity (Wildman–Crippen MR) is 53.0 cm³/mol. The minimum Gasteiger partial charge on any atom is -0.481 e. The Morgan fingerprint density at radius 3 is 2.71 bits per heavy atom. The van der Waals surface area contributed by atoms with Crippen LogP contribution >= 0.6 is 0 Å². The van der Waals surface area contributed by atoms with Crippen molar-refractivity contribution < 1.29 is 14.7 Å². The van der Waals surface area contributed by atoms with E-state index in [0.717, 1.165) is 31.3 Å². The first-order valence-electron chi connectivity index (χ1n) is 5.06. The first-order chi connectivity index (χ1) is 6.61. The summed E-state index contributed by atoms with van der Waals surface area (Å²) in [5.74, 6) is -1.26. The van der Waals surface area contributed by atoms with E-state index in [-0.39, 0.29) is 18.1 Å². The van der Waals surface area contributed by atoms with E-state index in [2.05, 4.69) is 0 Å². The van der Waals surface area contributed by atoms with Crippen LogP contribution in [0.3, 0.4) is 0 Å². The van der Waals surface area contributed by atoms with Gasteiger partial charge >= 0.3 is 5.97 Å². The molecule has 0 spiro atoms. The van der Waals surface area contributed by atoms with Crippen LogP contribution in [0.5, 0.6) is 0 Å². The third-order valence-corrected chi connectivity index (χ3v) is 2.54. The van der Waals surface area contributed by atoms with Crippen LogP contribution in [-0.4, -0.2) is 16.9 Å². The second-order valence-electron chi connectivity index (χ2n) is 3.84. The highest BCUT2D eigenvalue weighted by Gasteiger charge is 2.20. The number of carbonyl (C=O) groups is 2. The van der Waals surface area contributed by atoms with Crippen LogP contribution in [0, 0.1) is 5.92 Å². The van der Waals surface area contributed by atoms with Gasteiger partial charge in [-0.15, -0.1) is 0 Å². The van der Waals surface area contributed by atoms with E-state index in [1.807, 2.05) is 6.08 Å². The number of allylic oxidation sites excluding steroid dienone is 2. The van der Waals surface area contributed by atoms with E-state index >= 15 is 0 Å². The lowest BCUT2D eigenvalue weighted by Crippen LogP contribution is -2.18. The van der Waals surface area contributed by atoms with Gasteiger partial charge < -0.3 is 5.11 Å². The number of rotatable bonds is 4. The topological polar surface area (TPSA) is 54.4 Å². The molecule has 1 unspecified atom stereocenters. The molecule has 14 heavy (non-hydrogen) atoms. The average molecular weight is 196 g/mol. The second-order valence-corrected chi connectivity index (χ2v) is 3.84. The highest BCUT2D eigenvalue weighted by atomic mass is 16.4. The Morgan fingerprint density at radius 1 is 1.50 bits per heavy atom. The van der Waals surface area contributed by atoms with Gasteiger partial charge in [0, 0.05) is 5.92 Å². The van der Waals surface area contributed by atoms with Crippen LogP contribution in [0.2, 0.25) is 0 Å². The average Bonchev–Trinajstić information content (AvgIpc) is 2.17. The fraction of sp³-hybridized carbons (Fsp3) is 0.636. The molecule has 0 aromatic rings. The zero-order valence-electron chi connectivity index (χ0n) is 8.45. The molecule has 0 heterocycles. The van der Waals surface area contributed by atoms with Crippen molar-refractivity contribution in [3.63, 3.8) is 0 Å². The van der Waals surface area contributed by atoms with Gasteiger partial charge in [0.1, 0.15) is 0 Å². The summed E-state index contributed by atoms with van der Waals surface area (Å²) in [5.41, 5.74) is 0.838. The molecule has 0 aromatic carbocycles. The van der Waals surface area contributed by atoms with Crippen molar-refractivity contribution in [2.45, 2.75) is 39.0 Å². The van der Waals surface area contributed by atoms with Crippen LogP contribution in [0.4, 0.5) is 0 Å². The molecule has 0 aliphatic heterocycles. The molecule has 3 nitrogen and oxygen atoms in total. The monoisotopic (exact) mass is 196 g/mol. The second kappa shape index (κ2) is 4.94. The van der Waals surface area contributed by atoms with E-state index in [1.165, 1.54) is 0 Å². The molecule has 0 saturated carbocycles. The zero-order valence-corrected chi connectivity index (χ0v) is 8.45. The summed E-state index contributed by atoms with van der Waals surface area (Å²) in [7, 11) is 0. The number of Topliss-reactive ketones (excluding diaryl/α,β-unsaturated/α-hetero) is 1. The van der Waals surface area contributed by atoms with Gasteiger partial charge in [-0.1, -0.05) is 13.0 Å². The number of carbonyl (C=O) groups excluding carboxylic acids is 1. The standard InChI is InChI=1S/C11H16O3/c1-8(7-10(12)13)11(14)9-5-3-2-4-6-9/h5,8H,2-4,6-7H2,1H3,(H,12,13). The fourth-order valence-electron chi connectivity index (χ4n) is 1.73. The highest BCUT2D eigenvalue weighted by Crippen LogP contribution is 2.21. The lowest BCUT2D eigenvalue weighted by atomic mass is 9.89. The van der Waals surface area contributed by atoms with Gasteiger partial charge in [-0.2, -0.15) is 0 Å². The molecule has 0 saturated heterocycles. The predicted octanol–water partition coefficient (Wildman–Crippen LogP) is 2.17. The number of aliphatic carboxylic acids is 1. The smallest absolute Gasteiger partial charge is 0.304 e. The normalized spacial score (nSPS) is 18.5. The Balaban J connectivity index is 2.55. The molecule has 1 aliphatic rings. The third-order valence-electron chi connectivity index (χ3n) is 2.54. The Labute approximate surface area is 83.8 Å². The van der Waals surface area contributed by atoms with Gasteiger partial charge in [0.15, 0.2) is 5.78 Å². The third kappa shape index (κ3) is 2.98. The highest BCUT2D eigenvalue weighted by molar-refractivity contribution is 5.98. The molecule has 3 heteroatoms. The van der Waals surface area contributed by atoms with Crippen LogP contribution in [0.25, 0.3) is 0 Å². The summed E-state index contributed by atoms with van der Waals surface area (Å²) in [6.45, 7) is 1.69. The number of hydrogen-bond acceptors (Lipinski definition) is 2. The van der Waals surface area contributed by atoms with E-state index in [0.29, 0.717) is 0 Å². The lowest BCUT2D eigenvalue weighted by molar-refractivity contribution is -0.139. The Kier molecular flexibility index (Phi) is 3.86. The lowest BCUT2D eigenvalue weighted by Gasteiger charge is -2.14. The van der Waals surface area contributed by atoms with Crippen LogP contribution < -0.4 is 0 Å². The zero-order chi connectivity index (χ0) is 10.6. The Hall–Kier alpha value is -1.12. The number of carboxylic acids is 1. The molecular weight excluding hydrogens is 180 g/mol. The van der Waals surface area contributed by atoms with E-state index in [9.17, 15) is 9.59 Å². The van der Waals surface area contributed by atoms with Crippen LogP contribution in [-0.2, 0) is 9.59 Å². The molecule has 0 fully saturated rings. The van der Waals surface area contributed by atoms with Crippen molar-refractivity contribution in [3.8, 4) is 0 Å². The molecule has 1 aliphatic carbocycles. The maximum atomic E-state index is 11.7. The van der Waals surface area contributed by atoms with Crippen molar-refractivity contribution >= 4 is 11.8 Å². The fourth-order valence-corrected chi connectivity index (χ4v) is 1.73. The molecule has 0 aromatic heterocycles. The first kappa shape index (κ1) is 11.0.